The molecule has 2 aliphatic heterocycles. The number of amides is 2. The van der Waals surface area contributed by atoms with Gasteiger partial charge in [-0.2, -0.15) is 8.42 Å². The number of anilines is 2. The van der Waals surface area contributed by atoms with E-state index >= 15 is 4.39 Å². The maximum Gasteiger partial charge on any atom is 0.321 e. The fourth-order valence-electron chi connectivity index (χ4n) is 7.22. The summed E-state index contributed by atoms with van der Waals surface area (Å²) in [6.45, 7) is 4.82. The van der Waals surface area contributed by atoms with Crippen molar-refractivity contribution in [2.45, 2.75) is 99.0 Å². The van der Waals surface area contributed by atoms with Crippen LogP contribution in [0.5, 0.6) is 0 Å². The highest BCUT2D eigenvalue weighted by molar-refractivity contribution is 7.91. The number of nitrogens with one attached hydrogen (secondary N) is 2. The molecule has 2 amide bonds. The fourth-order valence-corrected chi connectivity index (χ4v) is 10.4. The van der Waals surface area contributed by atoms with E-state index in [1.54, 1.807) is 61.5 Å². The molecule has 2 heterocycles. The highest BCUT2D eigenvalue weighted by Crippen LogP contribution is 2.49. The van der Waals surface area contributed by atoms with Crippen molar-refractivity contribution in [2.75, 3.05) is 36.7 Å². The largest absolute Gasteiger partial charge is 0.392 e. The van der Waals surface area contributed by atoms with Crippen molar-refractivity contribution in [3.63, 3.8) is 0 Å². The third kappa shape index (κ3) is 8.75. The summed E-state index contributed by atoms with van der Waals surface area (Å²) in [6.07, 6.45) is -8.23. The van der Waals surface area contributed by atoms with Gasteiger partial charge in [0.2, 0.25) is 0 Å². The number of ether oxygens (including phenoxy) is 1. The van der Waals surface area contributed by atoms with Gasteiger partial charge < -0.3 is 35.6 Å². The average molecular weight is 792 g/mol. The molecule has 3 aromatic carbocycles. The first-order valence-corrected chi connectivity index (χ1v) is 21.0. The molecule has 0 radical (unpaired) electrons. The van der Waals surface area contributed by atoms with Crippen LogP contribution in [0.1, 0.15) is 62.1 Å². The van der Waals surface area contributed by atoms with E-state index in [-0.39, 0.29) is 21.2 Å². The van der Waals surface area contributed by atoms with Gasteiger partial charge in [0.25, 0.3) is 10.1 Å². The molecule has 54 heavy (non-hydrogen) atoms. The Labute approximate surface area is 316 Å². The SMILES string of the molecule is CCCC[C@]1(CC)CS(=O)(=O)c2ccc(N(C)C)cc2[C@@H](c2cccc(NC(=O)N[C@@H]3O[C@H](COS(=O)(=O)c4ccc(C)cc4)[C@@H](F)[C@H](O)[C@H]3O)c2)[C@H]1O. The van der Waals surface area contributed by atoms with Gasteiger partial charge in [-0.1, -0.05) is 56.5 Å². The number of fused-ring (bicyclic) bond motifs is 1. The summed E-state index contributed by atoms with van der Waals surface area (Å²) in [5, 5.41) is 38.3. The van der Waals surface area contributed by atoms with Crippen LogP contribution < -0.4 is 15.5 Å². The number of alkyl halides is 1. The monoisotopic (exact) mass is 791 g/mol. The number of halogens is 1. The molecule has 1 fully saturated rings. The van der Waals surface area contributed by atoms with Crippen molar-refractivity contribution >= 4 is 37.4 Å². The van der Waals surface area contributed by atoms with Gasteiger partial charge in [0.05, 0.1) is 28.3 Å². The Kier molecular flexibility index (Phi) is 12.8. The predicted molar refractivity (Wildman–Crippen MR) is 201 cm³/mol. The summed E-state index contributed by atoms with van der Waals surface area (Å²) in [7, 11) is -4.47. The molecule has 16 heteroatoms. The Balaban J connectivity index is 1.39. The minimum Gasteiger partial charge on any atom is -0.392 e. The van der Waals surface area contributed by atoms with Crippen LogP contribution >= 0.6 is 0 Å². The first-order chi connectivity index (χ1) is 25.4. The van der Waals surface area contributed by atoms with Gasteiger partial charge in [0, 0.05) is 36.8 Å². The fraction of sp³-hybridized carbons (Fsp3) is 0.500. The zero-order chi connectivity index (χ0) is 39.6. The van der Waals surface area contributed by atoms with E-state index in [2.05, 4.69) is 10.6 Å². The molecule has 0 aliphatic carbocycles. The quantitative estimate of drug-likeness (QED) is 0.165. The minimum atomic E-state index is -4.32. The summed E-state index contributed by atoms with van der Waals surface area (Å²) >= 11 is 0. The molecule has 5 rings (SSSR count). The Bertz CT molecular complexity index is 2020. The smallest absolute Gasteiger partial charge is 0.321 e. The van der Waals surface area contributed by atoms with Gasteiger partial charge in [-0.25, -0.2) is 17.6 Å². The molecule has 0 bridgehead atoms. The Morgan fingerprint density at radius 2 is 1.74 bits per heavy atom. The van der Waals surface area contributed by atoms with E-state index in [1.165, 1.54) is 12.1 Å². The average Bonchev–Trinajstić information content (AvgIpc) is 3.20. The molecule has 5 N–H and O–H groups in total. The summed E-state index contributed by atoms with van der Waals surface area (Å²) in [5.74, 6) is -1.02. The molecular formula is C38H50FN3O10S2. The minimum absolute atomic E-state index is 0.137. The number of rotatable bonds is 12. The lowest BCUT2D eigenvalue weighted by molar-refractivity contribution is -0.213. The number of urea groups is 1. The van der Waals surface area contributed by atoms with E-state index in [0.29, 0.717) is 24.0 Å². The van der Waals surface area contributed by atoms with Crippen molar-refractivity contribution in [3.8, 4) is 0 Å². The Hall–Kier alpha value is -3.64. The normalized spacial score (nSPS) is 28.1. The molecule has 0 aromatic heterocycles. The molecule has 2 aliphatic rings. The van der Waals surface area contributed by atoms with Crippen LogP contribution in [0.15, 0.2) is 76.5 Å². The summed E-state index contributed by atoms with van der Waals surface area (Å²) in [6, 6.07) is 16.5. The van der Waals surface area contributed by atoms with Crippen LogP contribution in [0.2, 0.25) is 0 Å². The first kappa shape index (κ1) is 41.5. The van der Waals surface area contributed by atoms with Crippen LogP contribution in [-0.4, -0.2) is 101 Å². The number of carbonyl (C=O) groups excluding carboxylic acids is 1. The van der Waals surface area contributed by atoms with E-state index in [4.69, 9.17) is 8.92 Å². The lowest BCUT2D eigenvalue weighted by atomic mass is 9.69. The number of unbranched alkanes of at least 4 members (excludes halogenated alkanes) is 1. The number of hydrogen-bond acceptors (Lipinski definition) is 11. The van der Waals surface area contributed by atoms with Gasteiger partial charge in [0.15, 0.2) is 22.2 Å². The molecule has 0 unspecified atom stereocenters. The third-order valence-electron chi connectivity index (χ3n) is 10.5. The lowest BCUT2D eigenvalue weighted by Gasteiger charge is -2.39. The van der Waals surface area contributed by atoms with Gasteiger partial charge in [0.1, 0.15) is 18.3 Å². The zero-order valence-electron chi connectivity index (χ0n) is 31.0. The van der Waals surface area contributed by atoms with E-state index in [0.717, 1.165) is 24.1 Å². The number of nitrogens with zero attached hydrogens (tertiary/aromatic N) is 1. The van der Waals surface area contributed by atoms with Crippen LogP contribution in [0, 0.1) is 12.3 Å². The summed E-state index contributed by atoms with van der Waals surface area (Å²) in [4.78, 5) is 15.1. The zero-order valence-corrected chi connectivity index (χ0v) is 32.6. The van der Waals surface area contributed by atoms with Crippen LogP contribution in [-0.2, 0) is 28.9 Å². The number of benzene rings is 3. The first-order valence-electron chi connectivity index (χ1n) is 17.9. The second-order valence-corrected chi connectivity index (χ2v) is 18.0. The number of hydrogen-bond donors (Lipinski definition) is 5. The van der Waals surface area contributed by atoms with Gasteiger partial charge in [-0.3, -0.25) is 4.18 Å². The van der Waals surface area contributed by atoms with Crippen LogP contribution in [0.25, 0.3) is 0 Å². The number of aliphatic hydroxyl groups excluding tert-OH is 3. The van der Waals surface area contributed by atoms with E-state index < -0.39 is 80.7 Å². The van der Waals surface area contributed by atoms with Gasteiger partial charge >= 0.3 is 6.03 Å². The lowest BCUT2D eigenvalue weighted by Crippen LogP contribution is -2.62. The summed E-state index contributed by atoms with van der Waals surface area (Å²) in [5.41, 5.74) is 1.82. The number of aliphatic hydroxyl groups is 3. The van der Waals surface area contributed by atoms with Crippen molar-refractivity contribution in [1.82, 2.24) is 5.32 Å². The molecule has 0 spiro atoms. The van der Waals surface area contributed by atoms with Crippen LogP contribution in [0.4, 0.5) is 20.6 Å². The maximum atomic E-state index is 15.0. The second kappa shape index (κ2) is 16.6. The molecular weight excluding hydrogens is 742 g/mol. The van der Waals surface area contributed by atoms with Crippen LogP contribution in [0.3, 0.4) is 0 Å². The molecule has 3 aromatic rings. The molecule has 296 valence electrons. The standard InChI is InChI=1S/C38H50FN3O10S2/c1-6-8-18-38(7-2)22-53(47,48)30-17-14-26(42(4)5)20-28(30)31(35(38)45)24-10-9-11-25(19-24)40-37(46)41-36-34(44)33(43)32(39)29(52-36)21-51-54(49,50)27-15-12-23(3)13-16-27/h9-17,19-20,29,31-36,43-45H,6-8,18,21-22H2,1-5H3,(H2,40,41,46)/t29-,31-,32-,33+,34-,35-,36-,38-/m1/s1. The number of aryl methyl sites for hydroxylation is 1. The van der Waals surface area contributed by atoms with E-state index in [9.17, 15) is 36.9 Å². The highest BCUT2D eigenvalue weighted by Gasteiger charge is 2.49. The van der Waals surface area contributed by atoms with Crippen molar-refractivity contribution in [3.05, 3.63) is 83.4 Å². The Morgan fingerprint density at radius 3 is 2.39 bits per heavy atom. The highest BCUT2D eigenvalue weighted by atomic mass is 32.2. The number of carbonyl (C=O) groups is 1. The van der Waals surface area contributed by atoms with Gasteiger partial charge in [-0.05, 0) is 73.4 Å². The topological polar surface area (TPSA) is 192 Å². The van der Waals surface area contributed by atoms with Crippen molar-refractivity contribution in [2.24, 2.45) is 5.41 Å². The summed E-state index contributed by atoms with van der Waals surface area (Å²) < 4.78 is 78.9. The number of sulfone groups is 1. The van der Waals surface area contributed by atoms with Crippen molar-refractivity contribution in [1.29, 1.82) is 0 Å². The van der Waals surface area contributed by atoms with E-state index in [1.807, 2.05) is 32.8 Å². The second-order valence-electron chi connectivity index (χ2n) is 14.4. The van der Waals surface area contributed by atoms with Crippen molar-refractivity contribution < 1.29 is 50.3 Å². The van der Waals surface area contributed by atoms with Gasteiger partial charge in [-0.15, -0.1) is 0 Å². The maximum absolute atomic E-state index is 15.0. The molecule has 1 saturated heterocycles. The molecule has 8 atom stereocenters. The Morgan fingerprint density at radius 1 is 1.04 bits per heavy atom. The predicted octanol–water partition coefficient (Wildman–Crippen LogP) is 4.24. The molecule has 0 saturated carbocycles. The molecule has 13 nitrogen and oxygen atoms in total. The third-order valence-corrected chi connectivity index (χ3v) is 13.8.